The van der Waals surface area contributed by atoms with E-state index >= 15 is 0 Å². The summed E-state index contributed by atoms with van der Waals surface area (Å²) >= 11 is 0. The van der Waals surface area contributed by atoms with Crippen LogP contribution in [0, 0.1) is 0 Å². The van der Waals surface area contributed by atoms with Crippen LogP contribution in [0.15, 0.2) is 138 Å². The summed E-state index contributed by atoms with van der Waals surface area (Å²) < 4.78 is 6.15. The van der Waals surface area contributed by atoms with Gasteiger partial charge in [0, 0.05) is 41.5 Å². The normalized spacial score (nSPS) is 11.3. The third kappa shape index (κ3) is 4.59. The Morgan fingerprint density at radius 2 is 1.26 bits per heavy atom. The maximum Gasteiger partial charge on any atom is 0.229 e. The molecule has 43 heavy (non-hydrogen) atoms. The highest BCUT2D eigenvalue weighted by atomic mass is 16.3. The minimum Gasteiger partial charge on any atom is -0.434 e. The van der Waals surface area contributed by atoms with Gasteiger partial charge in [-0.15, -0.1) is 0 Å². The Bertz CT molecular complexity index is 2160. The summed E-state index contributed by atoms with van der Waals surface area (Å²) in [5, 5.41) is 0.858. The zero-order valence-corrected chi connectivity index (χ0v) is 22.8. The van der Waals surface area contributed by atoms with Crippen LogP contribution in [0.25, 0.3) is 78.6 Å². The lowest BCUT2D eigenvalue weighted by molar-refractivity contribution is 0.652. The fourth-order valence-corrected chi connectivity index (χ4v) is 5.22. The van der Waals surface area contributed by atoms with E-state index < -0.39 is 0 Å². The molecule has 2 aromatic carbocycles. The summed E-state index contributed by atoms with van der Waals surface area (Å²) in [5.41, 5.74) is 9.93. The standard InChI is InChI=1S/C36H22N6O/c1-2-8-24(9-3-1)32-34-33(28-11-7-19-39-36(28)43-34)42-35(41-32)25-15-13-23(14-16-25)27-20-30(26-10-6-17-37-22-26)40-31(21-27)29-12-4-5-18-38-29/h1-22H. The average Bonchev–Trinajstić information content (AvgIpc) is 3.48. The second kappa shape index (κ2) is 10.4. The number of fused-ring (bicyclic) bond motifs is 3. The van der Waals surface area contributed by atoms with Gasteiger partial charge in [0.15, 0.2) is 11.4 Å². The molecule has 0 bridgehead atoms. The topological polar surface area (TPSA) is 90.5 Å². The molecule has 0 saturated carbocycles. The molecule has 0 atom stereocenters. The van der Waals surface area contributed by atoms with Crippen LogP contribution in [0.2, 0.25) is 0 Å². The van der Waals surface area contributed by atoms with Crippen LogP contribution in [0.4, 0.5) is 0 Å². The van der Waals surface area contributed by atoms with Crippen molar-refractivity contribution in [2.24, 2.45) is 0 Å². The summed E-state index contributed by atoms with van der Waals surface area (Å²) in [6.07, 6.45) is 7.08. The molecule has 0 saturated heterocycles. The fourth-order valence-electron chi connectivity index (χ4n) is 5.22. The predicted molar refractivity (Wildman–Crippen MR) is 168 cm³/mol. The van der Waals surface area contributed by atoms with E-state index in [0.717, 1.165) is 61.5 Å². The van der Waals surface area contributed by atoms with Crippen molar-refractivity contribution in [3.63, 3.8) is 0 Å². The summed E-state index contributed by atoms with van der Waals surface area (Å²) in [6.45, 7) is 0. The predicted octanol–water partition coefficient (Wildman–Crippen LogP) is 8.29. The highest BCUT2D eigenvalue weighted by molar-refractivity contribution is 6.05. The van der Waals surface area contributed by atoms with E-state index in [1.807, 2.05) is 79.0 Å². The van der Waals surface area contributed by atoms with Gasteiger partial charge in [-0.3, -0.25) is 9.97 Å². The Morgan fingerprint density at radius 1 is 0.488 bits per heavy atom. The minimum absolute atomic E-state index is 0.544. The number of hydrogen-bond donors (Lipinski definition) is 0. The van der Waals surface area contributed by atoms with Crippen molar-refractivity contribution in [3.8, 4) is 56.4 Å². The number of benzene rings is 2. The lowest BCUT2D eigenvalue weighted by Gasteiger charge is -2.10. The van der Waals surface area contributed by atoms with Crippen LogP contribution in [0.5, 0.6) is 0 Å². The Balaban J connectivity index is 1.25. The largest absolute Gasteiger partial charge is 0.434 e. The van der Waals surface area contributed by atoms with Crippen molar-refractivity contribution in [2.45, 2.75) is 0 Å². The van der Waals surface area contributed by atoms with E-state index in [2.05, 4.69) is 51.4 Å². The quantitative estimate of drug-likeness (QED) is 0.211. The van der Waals surface area contributed by atoms with Crippen molar-refractivity contribution in [2.75, 3.05) is 0 Å². The van der Waals surface area contributed by atoms with Gasteiger partial charge in [-0.05, 0) is 59.7 Å². The van der Waals surface area contributed by atoms with Gasteiger partial charge in [-0.2, -0.15) is 0 Å². The van der Waals surface area contributed by atoms with Crippen molar-refractivity contribution >= 4 is 22.2 Å². The van der Waals surface area contributed by atoms with Crippen molar-refractivity contribution in [1.82, 2.24) is 29.9 Å². The maximum atomic E-state index is 6.15. The molecule has 8 aromatic rings. The summed E-state index contributed by atoms with van der Waals surface area (Å²) in [6, 6.07) is 36.1. The van der Waals surface area contributed by atoms with E-state index in [0.29, 0.717) is 17.1 Å². The molecule has 0 fully saturated rings. The number of hydrogen-bond acceptors (Lipinski definition) is 7. The molecule has 6 aromatic heterocycles. The highest BCUT2D eigenvalue weighted by Crippen LogP contribution is 2.35. The minimum atomic E-state index is 0.544. The Hall–Kier alpha value is -6.08. The molecule has 0 aliphatic rings. The average molecular weight is 555 g/mol. The highest BCUT2D eigenvalue weighted by Gasteiger charge is 2.18. The number of nitrogens with zero attached hydrogens (tertiary/aromatic N) is 6. The smallest absolute Gasteiger partial charge is 0.229 e. The van der Waals surface area contributed by atoms with Gasteiger partial charge in [-0.1, -0.05) is 60.7 Å². The zero-order valence-electron chi connectivity index (χ0n) is 22.8. The van der Waals surface area contributed by atoms with Gasteiger partial charge in [-0.25, -0.2) is 19.9 Å². The first kappa shape index (κ1) is 24.7. The van der Waals surface area contributed by atoms with Crippen LogP contribution >= 0.6 is 0 Å². The van der Waals surface area contributed by atoms with Gasteiger partial charge >= 0.3 is 0 Å². The molecule has 0 unspecified atom stereocenters. The van der Waals surface area contributed by atoms with E-state index in [1.54, 1.807) is 18.6 Å². The van der Waals surface area contributed by atoms with E-state index in [1.165, 1.54) is 0 Å². The first-order valence-corrected chi connectivity index (χ1v) is 13.9. The Kier molecular flexibility index (Phi) is 5.97. The second-order valence-electron chi connectivity index (χ2n) is 10.1. The van der Waals surface area contributed by atoms with Crippen molar-refractivity contribution < 1.29 is 4.42 Å². The second-order valence-corrected chi connectivity index (χ2v) is 10.1. The Labute approximate surface area is 246 Å². The van der Waals surface area contributed by atoms with Crippen LogP contribution in [-0.4, -0.2) is 29.9 Å². The summed E-state index contributed by atoms with van der Waals surface area (Å²) in [4.78, 5) is 28.1. The van der Waals surface area contributed by atoms with Gasteiger partial charge in [0.2, 0.25) is 5.71 Å². The van der Waals surface area contributed by atoms with Gasteiger partial charge in [0.1, 0.15) is 11.2 Å². The third-order valence-electron chi connectivity index (χ3n) is 7.32. The van der Waals surface area contributed by atoms with Crippen LogP contribution in [0.1, 0.15) is 0 Å². The van der Waals surface area contributed by atoms with E-state index in [9.17, 15) is 0 Å². The van der Waals surface area contributed by atoms with Crippen molar-refractivity contribution in [1.29, 1.82) is 0 Å². The molecule has 7 nitrogen and oxygen atoms in total. The zero-order chi connectivity index (χ0) is 28.6. The van der Waals surface area contributed by atoms with Gasteiger partial charge in [0.25, 0.3) is 0 Å². The summed E-state index contributed by atoms with van der Waals surface area (Å²) in [5.74, 6) is 0.615. The van der Waals surface area contributed by atoms with Gasteiger partial charge in [0.05, 0.1) is 22.5 Å². The van der Waals surface area contributed by atoms with Crippen LogP contribution in [-0.2, 0) is 0 Å². The number of rotatable bonds is 5. The SMILES string of the molecule is c1ccc(-c2nc(-c3ccc(-c4cc(-c5cccnc5)nc(-c5ccccn5)c4)cc3)nc3c2oc2ncccc23)cc1. The molecule has 7 heteroatoms. The molecule has 0 aliphatic heterocycles. The molecule has 0 amide bonds. The number of aromatic nitrogens is 6. The van der Waals surface area contributed by atoms with Crippen LogP contribution < -0.4 is 0 Å². The lowest BCUT2D eigenvalue weighted by atomic mass is 10.0. The van der Waals surface area contributed by atoms with Crippen LogP contribution in [0.3, 0.4) is 0 Å². The number of pyridine rings is 4. The Morgan fingerprint density at radius 3 is 2.07 bits per heavy atom. The first-order valence-electron chi connectivity index (χ1n) is 13.9. The third-order valence-corrected chi connectivity index (χ3v) is 7.32. The molecule has 0 spiro atoms. The molecule has 0 aliphatic carbocycles. The number of furan rings is 1. The van der Waals surface area contributed by atoms with Gasteiger partial charge < -0.3 is 4.42 Å². The first-order chi connectivity index (χ1) is 21.3. The molecule has 0 N–H and O–H groups in total. The molecule has 0 radical (unpaired) electrons. The molecular formula is C36H22N6O. The monoisotopic (exact) mass is 554 g/mol. The lowest BCUT2D eigenvalue weighted by Crippen LogP contribution is -1.94. The van der Waals surface area contributed by atoms with E-state index in [-0.39, 0.29) is 0 Å². The maximum absolute atomic E-state index is 6.15. The fraction of sp³-hybridized carbons (Fsp3) is 0. The summed E-state index contributed by atoms with van der Waals surface area (Å²) in [7, 11) is 0. The van der Waals surface area contributed by atoms with Crippen molar-refractivity contribution in [3.05, 3.63) is 134 Å². The van der Waals surface area contributed by atoms with E-state index in [4.69, 9.17) is 19.4 Å². The molecule has 8 rings (SSSR count). The molecular weight excluding hydrogens is 532 g/mol. The molecule has 202 valence electrons. The molecule has 6 heterocycles.